The van der Waals surface area contributed by atoms with Crippen LogP contribution in [0.3, 0.4) is 0 Å². The maximum Gasteiger partial charge on any atom is 0.236 e. The molecule has 0 bridgehead atoms. The van der Waals surface area contributed by atoms with Gasteiger partial charge in [-0.15, -0.1) is 0 Å². The Labute approximate surface area is 172 Å². The summed E-state index contributed by atoms with van der Waals surface area (Å²) < 4.78 is 27.3. The summed E-state index contributed by atoms with van der Waals surface area (Å²) in [5, 5.41) is 4.51. The minimum atomic E-state index is -3.58. The maximum absolute atomic E-state index is 12.9. The summed E-state index contributed by atoms with van der Waals surface area (Å²) in [6.45, 7) is 4.41. The Morgan fingerprint density at radius 2 is 1.66 bits per heavy atom. The molecule has 0 amide bonds. The maximum atomic E-state index is 12.9. The third-order valence-corrected chi connectivity index (χ3v) is 6.83. The molecule has 1 aliphatic heterocycles. The summed E-state index contributed by atoms with van der Waals surface area (Å²) in [4.78, 5) is 0. The van der Waals surface area contributed by atoms with E-state index in [9.17, 15) is 8.42 Å². The van der Waals surface area contributed by atoms with Crippen LogP contribution >= 0.6 is 0 Å². The van der Waals surface area contributed by atoms with Crippen molar-refractivity contribution in [2.45, 2.75) is 19.0 Å². The van der Waals surface area contributed by atoms with Crippen LogP contribution in [0.1, 0.15) is 11.1 Å². The van der Waals surface area contributed by atoms with E-state index in [1.165, 1.54) is 0 Å². The highest BCUT2D eigenvalue weighted by molar-refractivity contribution is 7.92. The molecule has 148 valence electrons. The van der Waals surface area contributed by atoms with Gasteiger partial charge in [-0.25, -0.2) is 8.42 Å². The second-order valence-corrected chi connectivity index (χ2v) is 9.05. The molecule has 0 aliphatic carbocycles. The van der Waals surface area contributed by atoms with Crippen LogP contribution < -0.4 is 5.32 Å². The van der Waals surface area contributed by atoms with Gasteiger partial charge in [-0.3, -0.25) is 0 Å². The molecule has 29 heavy (non-hydrogen) atoms. The molecule has 4 nitrogen and oxygen atoms in total. The van der Waals surface area contributed by atoms with E-state index in [-0.39, 0.29) is 6.04 Å². The number of anilines is 1. The highest BCUT2D eigenvalue weighted by atomic mass is 32.2. The first-order valence-corrected chi connectivity index (χ1v) is 11.2. The minimum absolute atomic E-state index is 0.201. The van der Waals surface area contributed by atoms with Gasteiger partial charge in [-0.1, -0.05) is 73.3 Å². The van der Waals surface area contributed by atoms with Crippen LogP contribution in [-0.4, -0.2) is 25.3 Å². The van der Waals surface area contributed by atoms with Crippen LogP contribution in [-0.2, 0) is 23.0 Å². The fourth-order valence-corrected chi connectivity index (χ4v) is 4.86. The summed E-state index contributed by atoms with van der Waals surface area (Å²) in [6, 6.07) is 26.1. The van der Waals surface area contributed by atoms with E-state index in [4.69, 9.17) is 0 Å². The third-order valence-electron chi connectivity index (χ3n) is 5.33. The van der Waals surface area contributed by atoms with Gasteiger partial charge in [0, 0.05) is 30.2 Å². The molecule has 1 N–H and O–H groups in total. The van der Waals surface area contributed by atoms with Crippen molar-refractivity contribution >= 4 is 15.7 Å². The Morgan fingerprint density at radius 3 is 2.34 bits per heavy atom. The fraction of sp³-hybridized carbons (Fsp3) is 0.167. The number of hydrogen-bond donors (Lipinski definition) is 1. The first kappa shape index (κ1) is 19.4. The molecule has 0 fully saturated rings. The SMILES string of the molecule is C=CS(=O)(=O)N1Cc2cc(-c3ccccc3)ccc2NC[C@H]1Cc1ccccc1. The van der Waals surface area contributed by atoms with Crippen molar-refractivity contribution in [2.75, 3.05) is 11.9 Å². The standard InChI is InChI=1S/C24H24N2O2S/c1-2-29(27,28)26-18-22-16-21(20-11-7-4-8-12-20)13-14-24(22)25-17-23(26)15-19-9-5-3-6-10-19/h2-14,16,23,25H,1,15,17-18H2/t23-/m1/s1. The first-order chi connectivity index (χ1) is 14.1. The smallest absolute Gasteiger partial charge is 0.236 e. The summed E-state index contributed by atoms with van der Waals surface area (Å²) in [5.74, 6) is 0. The Morgan fingerprint density at radius 1 is 0.966 bits per heavy atom. The van der Waals surface area contributed by atoms with Gasteiger partial charge < -0.3 is 5.32 Å². The van der Waals surface area contributed by atoms with E-state index in [2.05, 4.69) is 36.2 Å². The normalized spacial score (nSPS) is 17.0. The second-order valence-electron chi connectivity index (χ2n) is 7.22. The lowest BCUT2D eigenvalue weighted by Crippen LogP contribution is -2.42. The molecule has 3 aromatic carbocycles. The average molecular weight is 405 g/mol. The van der Waals surface area contributed by atoms with E-state index in [1.807, 2.05) is 54.6 Å². The van der Waals surface area contributed by atoms with Gasteiger partial charge >= 0.3 is 0 Å². The lowest BCUT2D eigenvalue weighted by molar-refractivity contribution is 0.330. The number of rotatable bonds is 5. The molecule has 1 atom stereocenters. The van der Waals surface area contributed by atoms with Crippen molar-refractivity contribution in [3.63, 3.8) is 0 Å². The molecule has 1 aliphatic rings. The largest absolute Gasteiger partial charge is 0.383 e. The van der Waals surface area contributed by atoms with E-state index < -0.39 is 10.0 Å². The Kier molecular flexibility index (Phi) is 5.51. The monoisotopic (exact) mass is 404 g/mol. The van der Waals surface area contributed by atoms with E-state index >= 15 is 0 Å². The van der Waals surface area contributed by atoms with Crippen molar-refractivity contribution in [1.29, 1.82) is 0 Å². The van der Waals surface area contributed by atoms with Gasteiger partial charge in [0.1, 0.15) is 0 Å². The molecule has 4 rings (SSSR count). The van der Waals surface area contributed by atoms with Crippen LogP contribution in [0.25, 0.3) is 11.1 Å². The zero-order valence-corrected chi connectivity index (χ0v) is 17.0. The van der Waals surface area contributed by atoms with Crippen molar-refractivity contribution in [2.24, 2.45) is 0 Å². The number of fused-ring (bicyclic) bond motifs is 1. The van der Waals surface area contributed by atoms with E-state index in [0.29, 0.717) is 19.5 Å². The number of sulfonamides is 1. The van der Waals surface area contributed by atoms with Crippen molar-refractivity contribution < 1.29 is 8.42 Å². The highest BCUT2D eigenvalue weighted by Crippen LogP contribution is 2.30. The number of nitrogens with one attached hydrogen (secondary N) is 1. The summed E-state index contributed by atoms with van der Waals surface area (Å²) >= 11 is 0. The molecule has 3 aromatic rings. The third kappa shape index (κ3) is 4.26. The highest BCUT2D eigenvalue weighted by Gasteiger charge is 2.31. The molecular weight excluding hydrogens is 380 g/mol. The number of nitrogens with zero attached hydrogens (tertiary/aromatic N) is 1. The fourth-order valence-electron chi connectivity index (χ4n) is 3.79. The van der Waals surface area contributed by atoms with Crippen molar-refractivity contribution in [3.8, 4) is 11.1 Å². The lowest BCUT2D eigenvalue weighted by atomic mass is 10.0. The zero-order valence-electron chi connectivity index (χ0n) is 16.2. The molecule has 5 heteroatoms. The Balaban J connectivity index is 1.70. The molecule has 0 radical (unpaired) electrons. The van der Waals surface area contributed by atoms with Gasteiger partial charge in [0.15, 0.2) is 0 Å². The van der Waals surface area contributed by atoms with Crippen LogP contribution in [0.5, 0.6) is 0 Å². The van der Waals surface area contributed by atoms with E-state index in [0.717, 1.165) is 33.3 Å². The van der Waals surface area contributed by atoms with Crippen molar-refractivity contribution in [1.82, 2.24) is 4.31 Å². The molecule has 0 unspecified atom stereocenters. The van der Waals surface area contributed by atoms with Crippen LogP contribution in [0.4, 0.5) is 5.69 Å². The Bertz CT molecular complexity index is 1100. The first-order valence-electron chi connectivity index (χ1n) is 9.67. The summed E-state index contributed by atoms with van der Waals surface area (Å²) in [6.07, 6.45) is 0.639. The number of benzene rings is 3. The van der Waals surface area contributed by atoms with Gasteiger partial charge in [-0.2, -0.15) is 4.31 Å². The second kappa shape index (κ2) is 8.23. The van der Waals surface area contributed by atoms with Crippen LogP contribution in [0.2, 0.25) is 0 Å². The Hall–Kier alpha value is -2.89. The van der Waals surface area contributed by atoms with Gasteiger partial charge in [-0.05, 0) is 40.8 Å². The van der Waals surface area contributed by atoms with E-state index in [1.54, 1.807) is 4.31 Å². The average Bonchev–Trinajstić information content (AvgIpc) is 2.95. The van der Waals surface area contributed by atoms with Crippen LogP contribution in [0, 0.1) is 0 Å². The van der Waals surface area contributed by atoms with Crippen LogP contribution in [0.15, 0.2) is 90.8 Å². The molecule has 0 saturated heterocycles. The van der Waals surface area contributed by atoms with Gasteiger partial charge in [0.25, 0.3) is 0 Å². The molecule has 0 saturated carbocycles. The summed E-state index contributed by atoms with van der Waals surface area (Å²) in [5.41, 5.74) is 5.23. The lowest BCUT2D eigenvalue weighted by Gasteiger charge is -2.27. The van der Waals surface area contributed by atoms with Crippen molar-refractivity contribution in [3.05, 3.63) is 102 Å². The predicted molar refractivity (Wildman–Crippen MR) is 119 cm³/mol. The molecule has 0 spiro atoms. The predicted octanol–water partition coefficient (Wildman–Crippen LogP) is 4.67. The number of hydrogen-bond acceptors (Lipinski definition) is 3. The minimum Gasteiger partial charge on any atom is -0.383 e. The molecular formula is C24H24N2O2S. The zero-order chi connectivity index (χ0) is 20.3. The van der Waals surface area contributed by atoms with Gasteiger partial charge in [0.2, 0.25) is 10.0 Å². The molecule has 1 heterocycles. The molecule has 0 aromatic heterocycles. The quantitative estimate of drug-likeness (QED) is 0.673. The summed E-state index contributed by atoms with van der Waals surface area (Å²) in [7, 11) is -3.58. The topological polar surface area (TPSA) is 49.4 Å². The van der Waals surface area contributed by atoms with Gasteiger partial charge in [0.05, 0.1) is 0 Å².